The molecule has 0 N–H and O–H groups in total. The second-order valence-corrected chi connectivity index (χ2v) is 23.6. The molecule has 0 heterocycles. The fraction of sp³-hybridized carbons (Fsp3) is 1.00. The van der Waals surface area contributed by atoms with E-state index in [4.69, 9.17) is 0 Å². The first kappa shape index (κ1) is 35.2. The van der Waals surface area contributed by atoms with Crippen LogP contribution in [0.2, 0.25) is 0 Å². The Morgan fingerprint density at radius 2 is 0.577 bits per heavy atom. The van der Waals surface area contributed by atoms with E-state index in [-0.39, 0.29) is 0 Å². The first-order valence-electron chi connectivity index (χ1n) is 25.8. The lowest BCUT2D eigenvalue weighted by Crippen LogP contribution is -2.47. The minimum Gasteiger partial charge on any atom is -0.0533 e. The lowest BCUT2D eigenvalue weighted by molar-refractivity contribution is -0.0599. The van der Waals surface area contributed by atoms with Crippen LogP contribution in [-0.2, 0) is 0 Å². The van der Waals surface area contributed by atoms with Crippen LogP contribution in [0.4, 0.5) is 0 Å². The SMILES string of the molecule is C1CCC(C2CCC(C3CC(C4CCC5CCCCC5C4)CC(C4CCCC5CC6CCCCC6C54)C3)C3C2CC2CCC4CCCCC4C23)CC1. The minimum absolute atomic E-state index is 1.11. The predicted molar refractivity (Wildman–Crippen MR) is 218 cm³/mol. The lowest BCUT2D eigenvalue weighted by atomic mass is 9.50. The lowest BCUT2D eigenvalue weighted by Gasteiger charge is -2.55. The normalized spacial score (nSPS) is 55.3. The summed E-state index contributed by atoms with van der Waals surface area (Å²) < 4.78 is 0. The van der Waals surface area contributed by atoms with E-state index in [1.165, 1.54) is 0 Å². The molecule has 11 aliphatic carbocycles. The van der Waals surface area contributed by atoms with E-state index in [0.717, 1.165) is 118 Å². The maximum Gasteiger partial charge on any atom is -0.0318 e. The summed E-state index contributed by atoms with van der Waals surface area (Å²) in [6, 6.07) is 0. The molecule has 0 aromatic carbocycles. The summed E-state index contributed by atoms with van der Waals surface area (Å²) in [5.41, 5.74) is 0. The molecule has 52 heavy (non-hydrogen) atoms. The van der Waals surface area contributed by atoms with Crippen LogP contribution in [0, 0.1) is 118 Å². The summed E-state index contributed by atoms with van der Waals surface area (Å²) in [6.45, 7) is 0. The van der Waals surface area contributed by atoms with Gasteiger partial charge in [-0.2, -0.15) is 0 Å². The molecule has 292 valence electrons. The van der Waals surface area contributed by atoms with Gasteiger partial charge in [-0.25, -0.2) is 0 Å². The Kier molecular flexibility index (Phi) is 10.2. The van der Waals surface area contributed by atoms with Crippen molar-refractivity contribution in [3.8, 4) is 0 Å². The quantitative estimate of drug-likeness (QED) is 0.273. The smallest absolute Gasteiger partial charge is 0.0318 e. The van der Waals surface area contributed by atoms with Crippen molar-refractivity contribution >= 4 is 0 Å². The van der Waals surface area contributed by atoms with Gasteiger partial charge in [0.15, 0.2) is 0 Å². The van der Waals surface area contributed by atoms with Crippen molar-refractivity contribution in [2.45, 2.75) is 205 Å². The summed E-state index contributed by atoms with van der Waals surface area (Å²) in [5.74, 6) is 22.7. The predicted octanol–water partition coefficient (Wildman–Crippen LogP) is 14.9. The summed E-state index contributed by atoms with van der Waals surface area (Å²) in [7, 11) is 0. The molecule has 0 bridgehead atoms. The Morgan fingerprint density at radius 1 is 0.154 bits per heavy atom. The molecule has 0 aromatic rings. The van der Waals surface area contributed by atoms with Crippen LogP contribution in [0.5, 0.6) is 0 Å². The molecule has 11 fully saturated rings. The molecular weight excluding hydrogens is 625 g/mol. The number of hydrogen-bond donors (Lipinski definition) is 0. The van der Waals surface area contributed by atoms with Crippen molar-refractivity contribution in [1.82, 2.24) is 0 Å². The summed E-state index contributed by atoms with van der Waals surface area (Å²) >= 11 is 0. The van der Waals surface area contributed by atoms with Gasteiger partial charge in [-0.15, -0.1) is 0 Å². The van der Waals surface area contributed by atoms with Gasteiger partial charge in [0.2, 0.25) is 0 Å². The highest BCUT2D eigenvalue weighted by Gasteiger charge is 2.59. The first-order valence-corrected chi connectivity index (χ1v) is 25.8. The fourth-order valence-corrected chi connectivity index (χ4v) is 20.4. The summed E-state index contributed by atoms with van der Waals surface area (Å²) in [6.07, 6.45) is 52.0. The number of rotatable bonds is 4. The van der Waals surface area contributed by atoms with Crippen molar-refractivity contribution in [2.24, 2.45) is 118 Å². The van der Waals surface area contributed by atoms with Crippen LogP contribution in [-0.4, -0.2) is 0 Å². The monoisotopic (exact) mass is 709 g/mol. The van der Waals surface area contributed by atoms with Gasteiger partial charge in [0.25, 0.3) is 0 Å². The Balaban J connectivity index is 0.920. The van der Waals surface area contributed by atoms with E-state index in [1.807, 2.05) is 0 Å². The number of hydrogen-bond acceptors (Lipinski definition) is 0. The third-order valence-corrected chi connectivity index (χ3v) is 22.1. The van der Waals surface area contributed by atoms with Crippen LogP contribution >= 0.6 is 0 Å². The molecule has 0 radical (unpaired) electrons. The second-order valence-electron chi connectivity index (χ2n) is 23.6. The average molecular weight is 709 g/mol. The maximum atomic E-state index is 1.72. The Bertz CT molecular complexity index is 1190. The highest BCUT2D eigenvalue weighted by molar-refractivity contribution is 5.08. The molecule has 11 rings (SSSR count). The third-order valence-electron chi connectivity index (χ3n) is 22.1. The van der Waals surface area contributed by atoms with Crippen LogP contribution < -0.4 is 0 Å². The Morgan fingerprint density at radius 3 is 1.38 bits per heavy atom. The van der Waals surface area contributed by atoms with Crippen molar-refractivity contribution < 1.29 is 0 Å². The molecule has 0 saturated heterocycles. The van der Waals surface area contributed by atoms with Gasteiger partial charge >= 0.3 is 0 Å². The maximum absolute atomic E-state index is 1.72. The standard InChI is InChI=1S/C52H84/c1-2-12-34(13-3-1)44-25-26-48(52-49(44)32-40-24-22-35-14-6-8-18-45(35)51(40)52)43-30-41(37-23-21-33-11-4-5-15-36(33)27-37)29-42(31-43)47-20-10-17-39-28-38-16-7-9-19-46(38)50(39)47/h33-52H,1-32H2. The molecule has 0 nitrogen and oxygen atoms in total. The van der Waals surface area contributed by atoms with Crippen LogP contribution in [0.15, 0.2) is 0 Å². The van der Waals surface area contributed by atoms with Gasteiger partial charge in [-0.3, -0.25) is 0 Å². The largest absolute Gasteiger partial charge is 0.0533 e. The van der Waals surface area contributed by atoms with Gasteiger partial charge in [-0.05, 0) is 215 Å². The molecule has 19 unspecified atom stereocenters. The van der Waals surface area contributed by atoms with Gasteiger partial charge in [-0.1, -0.05) is 109 Å². The zero-order chi connectivity index (χ0) is 34.2. The van der Waals surface area contributed by atoms with Gasteiger partial charge in [0, 0.05) is 0 Å². The summed E-state index contributed by atoms with van der Waals surface area (Å²) in [5, 5.41) is 0. The van der Waals surface area contributed by atoms with E-state index in [1.54, 1.807) is 205 Å². The zero-order valence-electron chi connectivity index (χ0n) is 34.2. The van der Waals surface area contributed by atoms with E-state index >= 15 is 0 Å². The van der Waals surface area contributed by atoms with Crippen molar-refractivity contribution in [2.75, 3.05) is 0 Å². The van der Waals surface area contributed by atoms with Crippen LogP contribution in [0.3, 0.4) is 0 Å². The number of fused-ring (bicyclic) bond motifs is 9. The van der Waals surface area contributed by atoms with E-state index in [9.17, 15) is 0 Å². The highest BCUT2D eigenvalue weighted by atomic mass is 14.6. The van der Waals surface area contributed by atoms with E-state index in [2.05, 4.69) is 0 Å². The highest BCUT2D eigenvalue weighted by Crippen LogP contribution is 2.67. The molecule has 0 spiro atoms. The van der Waals surface area contributed by atoms with Gasteiger partial charge < -0.3 is 0 Å². The molecule has 0 aromatic heterocycles. The van der Waals surface area contributed by atoms with Crippen molar-refractivity contribution in [3.63, 3.8) is 0 Å². The zero-order valence-corrected chi connectivity index (χ0v) is 34.2. The molecule has 0 amide bonds. The van der Waals surface area contributed by atoms with Crippen LogP contribution in [0.25, 0.3) is 0 Å². The third kappa shape index (κ3) is 6.30. The van der Waals surface area contributed by atoms with Gasteiger partial charge in [0.1, 0.15) is 0 Å². The van der Waals surface area contributed by atoms with Gasteiger partial charge in [0.05, 0.1) is 0 Å². The fourth-order valence-electron chi connectivity index (χ4n) is 20.4. The Labute approximate surface area is 322 Å². The molecular formula is C52H84. The second kappa shape index (κ2) is 15.1. The molecule has 19 atom stereocenters. The van der Waals surface area contributed by atoms with Crippen LogP contribution in [0.1, 0.15) is 205 Å². The van der Waals surface area contributed by atoms with E-state index in [0.29, 0.717) is 0 Å². The molecule has 11 aliphatic rings. The molecule has 0 heteroatoms. The average Bonchev–Trinajstić information content (AvgIpc) is 3.80. The minimum atomic E-state index is 1.11. The first-order chi connectivity index (χ1) is 25.8. The summed E-state index contributed by atoms with van der Waals surface area (Å²) in [4.78, 5) is 0. The topological polar surface area (TPSA) is 0 Å². The Hall–Kier alpha value is 0. The molecule has 11 saturated carbocycles. The molecule has 0 aliphatic heterocycles. The van der Waals surface area contributed by atoms with Crippen molar-refractivity contribution in [1.29, 1.82) is 0 Å². The van der Waals surface area contributed by atoms with Crippen molar-refractivity contribution in [3.05, 3.63) is 0 Å². The van der Waals surface area contributed by atoms with E-state index < -0.39 is 0 Å².